The van der Waals surface area contributed by atoms with Crippen LogP contribution in [0.4, 0.5) is 11.4 Å². The van der Waals surface area contributed by atoms with Gasteiger partial charge in [-0.3, -0.25) is 9.10 Å². The Labute approximate surface area is 171 Å². The molecule has 0 aliphatic rings. The van der Waals surface area contributed by atoms with Gasteiger partial charge in [-0.25, -0.2) is 8.42 Å². The second kappa shape index (κ2) is 8.23. The topological polar surface area (TPSA) is 66.5 Å². The van der Waals surface area contributed by atoms with Crippen molar-refractivity contribution in [3.8, 4) is 0 Å². The molecule has 140 valence electrons. The van der Waals surface area contributed by atoms with E-state index < -0.39 is 22.0 Å². The molecule has 0 saturated carbocycles. The van der Waals surface area contributed by atoms with Crippen molar-refractivity contribution in [3.05, 3.63) is 56.5 Å². The lowest BCUT2D eigenvalue weighted by atomic mass is 10.2. The monoisotopic (exact) mass is 454 g/mol. The van der Waals surface area contributed by atoms with E-state index in [2.05, 4.69) is 5.32 Å². The molecule has 26 heavy (non-hydrogen) atoms. The zero-order chi connectivity index (χ0) is 19.6. The summed E-state index contributed by atoms with van der Waals surface area (Å²) in [5.74, 6) is -0.615. The zero-order valence-electron chi connectivity index (χ0n) is 13.6. The lowest BCUT2D eigenvalue weighted by Gasteiger charge is -2.29. The van der Waals surface area contributed by atoms with Gasteiger partial charge in [0.25, 0.3) is 0 Å². The van der Waals surface area contributed by atoms with Gasteiger partial charge in [0, 0.05) is 10.0 Å². The molecule has 0 spiro atoms. The first kappa shape index (κ1) is 21.1. The number of nitrogens with one attached hydrogen (secondary N) is 1. The molecule has 0 heterocycles. The van der Waals surface area contributed by atoms with E-state index in [1.54, 1.807) is 6.07 Å². The Bertz CT molecular complexity index is 951. The second-order valence-corrected chi connectivity index (χ2v) is 8.99. The average Bonchev–Trinajstić information content (AvgIpc) is 2.53. The van der Waals surface area contributed by atoms with Crippen LogP contribution >= 0.6 is 46.4 Å². The molecule has 1 amide bonds. The molecule has 0 unspecified atom stereocenters. The van der Waals surface area contributed by atoms with Crippen LogP contribution in [-0.2, 0) is 14.8 Å². The number of carbonyl (C=O) groups is 1. The second-order valence-electron chi connectivity index (χ2n) is 5.44. The molecule has 0 radical (unpaired) electrons. The number of benzene rings is 2. The van der Waals surface area contributed by atoms with E-state index in [4.69, 9.17) is 46.4 Å². The Kier molecular flexibility index (Phi) is 6.69. The summed E-state index contributed by atoms with van der Waals surface area (Å²) in [6.45, 7) is 1.42. The van der Waals surface area contributed by atoms with Gasteiger partial charge < -0.3 is 5.32 Å². The van der Waals surface area contributed by atoms with Crippen molar-refractivity contribution >= 4 is 73.7 Å². The van der Waals surface area contributed by atoms with Crippen molar-refractivity contribution < 1.29 is 13.2 Å². The summed E-state index contributed by atoms with van der Waals surface area (Å²) >= 11 is 24.0. The minimum atomic E-state index is -3.84. The van der Waals surface area contributed by atoms with E-state index in [1.165, 1.54) is 37.3 Å². The molecule has 1 N–H and O–H groups in total. The molecule has 0 saturated heterocycles. The Morgan fingerprint density at radius 2 is 1.54 bits per heavy atom. The molecule has 0 aliphatic heterocycles. The third-order valence-corrected chi connectivity index (χ3v) is 5.77. The first-order valence-corrected chi connectivity index (χ1v) is 10.6. The fourth-order valence-electron chi connectivity index (χ4n) is 2.27. The molecular weight excluding hydrogens is 442 g/mol. The van der Waals surface area contributed by atoms with Crippen molar-refractivity contribution in [2.24, 2.45) is 0 Å². The van der Waals surface area contributed by atoms with Crippen LogP contribution in [0.3, 0.4) is 0 Å². The van der Waals surface area contributed by atoms with Gasteiger partial charge in [-0.1, -0.05) is 46.4 Å². The predicted molar refractivity (Wildman–Crippen MR) is 108 cm³/mol. The molecular formula is C16H14Cl4N2O3S. The van der Waals surface area contributed by atoms with E-state index in [0.29, 0.717) is 5.02 Å². The fourth-order valence-corrected chi connectivity index (χ4v) is 4.21. The maximum atomic E-state index is 12.6. The van der Waals surface area contributed by atoms with Gasteiger partial charge in [0.2, 0.25) is 15.9 Å². The highest BCUT2D eigenvalue weighted by Gasteiger charge is 2.31. The fraction of sp³-hybridized carbons (Fsp3) is 0.188. The summed E-state index contributed by atoms with van der Waals surface area (Å²) < 4.78 is 25.5. The van der Waals surface area contributed by atoms with Gasteiger partial charge in [0.1, 0.15) is 6.04 Å². The van der Waals surface area contributed by atoms with E-state index >= 15 is 0 Å². The van der Waals surface area contributed by atoms with Gasteiger partial charge >= 0.3 is 0 Å². The van der Waals surface area contributed by atoms with Gasteiger partial charge in [-0.05, 0) is 43.3 Å². The highest BCUT2D eigenvalue weighted by atomic mass is 35.5. The first-order chi connectivity index (χ1) is 12.0. The average molecular weight is 456 g/mol. The summed E-state index contributed by atoms with van der Waals surface area (Å²) in [5, 5.41) is 3.63. The van der Waals surface area contributed by atoms with E-state index in [-0.39, 0.29) is 26.4 Å². The van der Waals surface area contributed by atoms with E-state index in [1.807, 2.05) is 0 Å². The van der Waals surface area contributed by atoms with Crippen LogP contribution in [0, 0.1) is 0 Å². The van der Waals surface area contributed by atoms with Gasteiger partial charge in [0.05, 0.1) is 27.7 Å². The zero-order valence-corrected chi connectivity index (χ0v) is 17.5. The number of carbonyl (C=O) groups excluding carboxylic acids is 1. The number of anilines is 2. The first-order valence-electron chi connectivity index (χ1n) is 7.21. The molecule has 2 rings (SSSR count). The third-order valence-electron chi connectivity index (χ3n) is 3.42. The Morgan fingerprint density at radius 1 is 1.00 bits per heavy atom. The maximum absolute atomic E-state index is 12.6. The number of amides is 1. The van der Waals surface area contributed by atoms with Crippen molar-refractivity contribution in [2.45, 2.75) is 13.0 Å². The molecule has 0 bridgehead atoms. The van der Waals surface area contributed by atoms with E-state index in [0.717, 1.165) is 10.6 Å². The minimum Gasteiger partial charge on any atom is -0.323 e. The summed E-state index contributed by atoms with van der Waals surface area (Å²) in [4.78, 5) is 12.6. The van der Waals surface area contributed by atoms with Crippen LogP contribution in [0.15, 0.2) is 36.4 Å². The molecule has 1 atom stereocenters. The molecule has 0 aromatic heterocycles. The van der Waals surface area contributed by atoms with Crippen molar-refractivity contribution in [2.75, 3.05) is 15.9 Å². The Hall–Kier alpha value is -1.18. The quantitative estimate of drug-likeness (QED) is 0.682. The highest BCUT2D eigenvalue weighted by molar-refractivity contribution is 7.92. The smallest absolute Gasteiger partial charge is 0.248 e. The van der Waals surface area contributed by atoms with Crippen LogP contribution in [0.5, 0.6) is 0 Å². The minimum absolute atomic E-state index is 0.0986. The standard InChI is InChI=1S/C16H14Cl4N2O3S/c1-9(16(23)21-14-7-10(17)3-5-12(14)19)22(26(2,24)25)15-8-11(18)4-6-13(15)20/h3-9H,1-2H3,(H,21,23)/t9-/m0/s1. The Balaban J connectivity index is 2.41. The van der Waals surface area contributed by atoms with Crippen molar-refractivity contribution in [1.29, 1.82) is 0 Å². The van der Waals surface area contributed by atoms with Crippen molar-refractivity contribution in [3.63, 3.8) is 0 Å². The summed E-state index contributed by atoms with van der Waals surface area (Å²) in [6, 6.07) is 7.77. The SMILES string of the molecule is C[C@@H](C(=O)Nc1cc(Cl)ccc1Cl)N(c1cc(Cl)ccc1Cl)S(C)(=O)=O. The molecule has 10 heteroatoms. The van der Waals surface area contributed by atoms with Gasteiger partial charge in [-0.15, -0.1) is 0 Å². The van der Waals surface area contributed by atoms with Crippen molar-refractivity contribution in [1.82, 2.24) is 0 Å². The summed E-state index contributed by atoms with van der Waals surface area (Å²) in [7, 11) is -3.84. The van der Waals surface area contributed by atoms with Crippen LogP contribution in [-0.4, -0.2) is 26.6 Å². The normalized spacial score (nSPS) is 12.5. The summed E-state index contributed by atoms with van der Waals surface area (Å²) in [6.07, 6.45) is 0.973. The van der Waals surface area contributed by atoms with Crippen LogP contribution in [0.1, 0.15) is 6.92 Å². The Morgan fingerprint density at radius 3 is 2.12 bits per heavy atom. The number of hydrogen-bond acceptors (Lipinski definition) is 3. The van der Waals surface area contributed by atoms with E-state index in [9.17, 15) is 13.2 Å². The molecule has 2 aromatic carbocycles. The van der Waals surface area contributed by atoms with Crippen LogP contribution in [0.2, 0.25) is 20.1 Å². The lowest BCUT2D eigenvalue weighted by Crippen LogP contribution is -2.45. The van der Waals surface area contributed by atoms with Crippen LogP contribution in [0.25, 0.3) is 0 Å². The van der Waals surface area contributed by atoms with Crippen LogP contribution < -0.4 is 9.62 Å². The largest absolute Gasteiger partial charge is 0.323 e. The molecule has 0 aliphatic carbocycles. The van der Waals surface area contributed by atoms with Gasteiger partial charge in [-0.2, -0.15) is 0 Å². The number of nitrogens with zero attached hydrogens (tertiary/aromatic N) is 1. The third kappa shape index (κ3) is 4.96. The highest BCUT2D eigenvalue weighted by Crippen LogP contribution is 2.33. The number of sulfonamides is 1. The molecule has 0 fully saturated rings. The molecule has 5 nitrogen and oxygen atoms in total. The summed E-state index contributed by atoms with van der Waals surface area (Å²) in [5.41, 5.74) is 0.364. The maximum Gasteiger partial charge on any atom is 0.248 e. The van der Waals surface area contributed by atoms with Gasteiger partial charge in [0.15, 0.2) is 0 Å². The molecule has 2 aromatic rings. The predicted octanol–water partition coefficient (Wildman–Crippen LogP) is 5.09. The number of rotatable bonds is 5. The lowest BCUT2D eigenvalue weighted by molar-refractivity contribution is -0.116. The number of halogens is 4. The number of hydrogen-bond donors (Lipinski definition) is 1.